The fraction of sp³-hybridized carbons (Fsp3) is 0.300. The van der Waals surface area contributed by atoms with Crippen LogP contribution in [0.3, 0.4) is 0 Å². The molecular weight excluding hydrogens is 364 g/mol. The number of carbonyl (C=O) groups excluding carboxylic acids is 1. The van der Waals surface area contributed by atoms with Crippen LogP contribution in [-0.4, -0.2) is 45.7 Å². The first kappa shape index (κ1) is 20.6. The molecule has 0 atom stereocenters. The standard InChI is InChI=1S/C20H25ClN4O2/c1-22-20(24-12-11-15-3-7-17(21)8-4-15)25-14-13-23-19(26)16-5-9-18(27-2)10-6-16/h3-10H,11-14H2,1-2H3,(H,23,26)(H2,22,24,25). The summed E-state index contributed by atoms with van der Waals surface area (Å²) in [5.41, 5.74) is 1.80. The van der Waals surface area contributed by atoms with Crippen molar-refractivity contribution in [1.29, 1.82) is 0 Å². The Kier molecular flexibility index (Phi) is 8.45. The van der Waals surface area contributed by atoms with Gasteiger partial charge in [-0.1, -0.05) is 23.7 Å². The lowest BCUT2D eigenvalue weighted by molar-refractivity contribution is 0.0954. The zero-order valence-electron chi connectivity index (χ0n) is 15.6. The van der Waals surface area contributed by atoms with Gasteiger partial charge in [0.05, 0.1) is 7.11 Å². The normalized spacial score (nSPS) is 11.0. The third-order valence-corrected chi connectivity index (χ3v) is 4.15. The molecule has 0 radical (unpaired) electrons. The molecule has 2 aromatic rings. The highest BCUT2D eigenvalue weighted by Crippen LogP contribution is 2.11. The van der Waals surface area contributed by atoms with E-state index in [0.717, 1.165) is 23.7 Å². The van der Waals surface area contributed by atoms with Crippen molar-refractivity contribution in [2.75, 3.05) is 33.8 Å². The first-order chi connectivity index (χ1) is 13.1. The van der Waals surface area contributed by atoms with E-state index in [1.165, 1.54) is 5.56 Å². The van der Waals surface area contributed by atoms with Crippen molar-refractivity contribution in [3.63, 3.8) is 0 Å². The molecule has 0 unspecified atom stereocenters. The van der Waals surface area contributed by atoms with Crippen molar-refractivity contribution in [3.8, 4) is 5.75 Å². The first-order valence-corrected chi connectivity index (χ1v) is 9.11. The molecule has 0 bridgehead atoms. The highest BCUT2D eigenvalue weighted by molar-refractivity contribution is 6.30. The van der Waals surface area contributed by atoms with Crippen LogP contribution < -0.4 is 20.7 Å². The molecular formula is C20H25ClN4O2. The van der Waals surface area contributed by atoms with Gasteiger partial charge in [0.2, 0.25) is 0 Å². The Morgan fingerprint density at radius 1 is 0.963 bits per heavy atom. The number of ether oxygens (including phenoxy) is 1. The Balaban J connectivity index is 1.65. The molecule has 0 aliphatic rings. The molecule has 1 amide bonds. The molecule has 3 N–H and O–H groups in total. The van der Waals surface area contributed by atoms with Crippen LogP contribution in [0.15, 0.2) is 53.5 Å². The van der Waals surface area contributed by atoms with Gasteiger partial charge in [-0.05, 0) is 48.4 Å². The van der Waals surface area contributed by atoms with E-state index >= 15 is 0 Å². The van der Waals surface area contributed by atoms with Crippen molar-refractivity contribution in [1.82, 2.24) is 16.0 Å². The second-order valence-corrected chi connectivity index (χ2v) is 6.22. The minimum Gasteiger partial charge on any atom is -0.497 e. The second-order valence-electron chi connectivity index (χ2n) is 5.79. The van der Waals surface area contributed by atoms with Crippen molar-refractivity contribution >= 4 is 23.5 Å². The van der Waals surface area contributed by atoms with Gasteiger partial charge in [-0.3, -0.25) is 9.79 Å². The van der Waals surface area contributed by atoms with Gasteiger partial charge in [-0.2, -0.15) is 0 Å². The smallest absolute Gasteiger partial charge is 0.251 e. The highest BCUT2D eigenvalue weighted by Gasteiger charge is 2.05. The monoisotopic (exact) mass is 388 g/mol. The average Bonchev–Trinajstić information content (AvgIpc) is 2.71. The van der Waals surface area contributed by atoms with Crippen LogP contribution in [-0.2, 0) is 6.42 Å². The molecule has 0 spiro atoms. The van der Waals surface area contributed by atoms with Crippen LogP contribution in [0.4, 0.5) is 0 Å². The van der Waals surface area contributed by atoms with Gasteiger partial charge in [0.1, 0.15) is 5.75 Å². The van der Waals surface area contributed by atoms with Crippen LogP contribution in [0.2, 0.25) is 5.02 Å². The summed E-state index contributed by atoms with van der Waals surface area (Å²) in [6.45, 7) is 1.81. The molecule has 0 heterocycles. The average molecular weight is 389 g/mol. The molecule has 0 aliphatic carbocycles. The maximum absolute atomic E-state index is 12.1. The van der Waals surface area contributed by atoms with Crippen LogP contribution >= 0.6 is 11.6 Å². The molecule has 27 heavy (non-hydrogen) atoms. The van der Waals surface area contributed by atoms with Gasteiger partial charge in [0, 0.05) is 37.3 Å². The first-order valence-electron chi connectivity index (χ1n) is 8.73. The largest absolute Gasteiger partial charge is 0.497 e. The Morgan fingerprint density at radius 2 is 1.59 bits per heavy atom. The number of guanidine groups is 1. The SMILES string of the molecule is CN=C(NCCNC(=O)c1ccc(OC)cc1)NCCc1ccc(Cl)cc1. The summed E-state index contributed by atoms with van der Waals surface area (Å²) >= 11 is 5.88. The number of hydrogen-bond acceptors (Lipinski definition) is 3. The number of benzene rings is 2. The number of aliphatic imine (C=N–C) groups is 1. The quantitative estimate of drug-likeness (QED) is 0.369. The third-order valence-electron chi connectivity index (χ3n) is 3.90. The van der Waals surface area contributed by atoms with Crippen LogP contribution in [0.1, 0.15) is 15.9 Å². The lowest BCUT2D eigenvalue weighted by Crippen LogP contribution is -2.42. The molecule has 0 saturated heterocycles. The van der Waals surface area contributed by atoms with E-state index < -0.39 is 0 Å². The predicted octanol–water partition coefficient (Wildman–Crippen LogP) is 2.49. The van der Waals surface area contributed by atoms with Crippen LogP contribution in [0.5, 0.6) is 5.75 Å². The summed E-state index contributed by atoms with van der Waals surface area (Å²) in [5, 5.41) is 10.0. The topological polar surface area (TPSA) is 74.8 Å². The molecule has 2 aromatic carbocycles. The van der Waals surface area contributed by atoms with E-state index in [2.05, 4.69) is 20.9 Å². The molecule has 2 rings (SSSR count). The molecule has 7 heteroatoms. The van der Waals surface area contributed by atoms with E-state index in [1.54, 1.807) is 38.4 Å². The Bertz CT molecular complexity index is 746. The third kappa shape index (κ3) is 7.19. The van der Waals surface area contributed by atoms with Crippen molar-refractivity contribution in [2.45, 2.75) is 6.42 Å². The van der Waals surface area contributed by atoms with Gasteiger partial charge in [-0.15, -0.1) is 0 Å². The molecule has 144 valence electrons. The maximum Gasteiger partial charge on any atom is 0.251 e. The Morgan fingerprint density at radius 3 is 2.22 bits per heavy atom. The number of carbonyl (C=O) groups is 1. The van der Waals surface area contributed by atoms with Crippen LogP contribution in [0, 0.1) is 0 Å². The van der Waals surface area contributed by atoms with E-state index in [1.807, 2.05) is 24.3 Å². The zero-order chi connectivity index (χ0) is 19.5. The minimum atomic E-state index is -0.120. The fourth-order valence-corrected chi connectivity index (χ4v) is 2.52. The molecule has 0 saturated carbocycles. The van der Waals surface area contributed by atoms with Gasteiger partial charge in [0.25, 0.3) is 5.91 Å². The van der Waals surface area contributed by atoms with Crippen molar-refractivity contribution in [3.05, 3.63) is 64.7 Å². The number of methoxy groups -OCH3 is 1. The Labute approximate surface area is 165 Å². The van der Waals surface area contributed by atoms with Gasteiger partial charge >= 0.3 is 0 Å². The summed E-state index contributed by atoms with van der Waals surface area (Å²) in [7, 11) is 3.31. The maximum atomic E-state index is 12.1. The second kappa shape index (κ2) is 11.1. The lowest BCUT2D eigenvalue weighted by atomic mass is 10.1. The number of hydrogen-bond donors (Lipinski definition) is 3. The summed E-state index contributed by atoms with van der Waals surface area (Å²) in [5.74, 6) is 1.30. The van der Waals surface area contributed by atoms with E-state index in [9.17, 15) is 4.79 Å². The summed E-state index contributed by atoms with van der Waals surface area (Å²) in [6, 6.07) is 14.8. The summed E-state index contributed by atoms with van der Waals surface area (Å²) in [6.07, 6.45) is 0.867. The van der Waals surface area contributed by atoms with E-state index in [4.69, 9.17) is 16.3 Å². The number of rotatable bonds is 8. The summed E-state index contributed by atoms with van der Waals surface area (Å²) < 4.78 is 5.08. The molecule has 6 nitrogen and oxygen atoms in total. The predicted molar refractivity (Wildman–Crippen MR) is 110 cm³/mol. The Hall–Kier alpha value is -2.73. The molecule has 0 fully saturated rings. The zero-order valence-corrected chi connectivity index (χ0v) is 16.3. The fourth-order valence-electron chi connectivity index (χ4n) is 2.40. The van der Waals surface area contributed by atoms with E-state index in [-0.39, 0.29) is 5.91 Å². The van der Waals surface area contributed by atoms with Gasteiger partial charge in [0.15, 0.2) is 5.96 Å². The van der Waals surface area contributed by atoms with E-state index in [0.29, 0.717) is 24.6 Å². The number of amides is 1. The number of nitrogens with one attached hydrogen (secondary N) is 3. The van der Waals surface area contributed by atoms with Gasteiger partial charge in [-0.25, -0.2) is 0 Å². The lowest BCUT2D eigenvalue weighted by Gasteiger charge is -2.12. The van der Waals surface area contributed by atoms with Gasteiger partial charge < -0.3 is 20.7 Å². The minimum absolute atomic E-state index is 0.120. The highest BCUT2D eigenvalue weighted by atomic mass is 35.5. The summed E-state index contributed by atoms with van der Waals surface area (Å²) in [4.78, 5) is 16.3. The van der Waals surface area contributed by atoms with Crippen molar-refractivity contribution in [2.24, 2.45) is 4.99 Å². The van der Waals surface area contributed by atoms with Crippen molar-refractivity contribution < 1.29 is 9.53 Å². The van der Waals surface area contributed by atoms with Crippen LogP contribution in [0.25, 0.3) is 0 Å². The molecule has 0 aromatic heterocycles. The molecule has 0 aliphatic heterocycles. The number of nitrogens with zero attached hydrogens (tertiary/aromatic N) is 1. The number of halogens is 1.